The number of pyridine rings is 1. The molecule has 0 spiro atoms. The lowest BCUT2D eigenvalue weighted by molar-refractivity contribution is -0.119. The molecule has 2 aromatic heterocycles. The maximum atomic E-state index is 13.3. The van der Waals surface area contributed by atoms with Gasteiger partial charge in [-0.15, -0.1) is 0 Å². The highest BCUT2D eigenvalue weighted by molar-refractivity contribution is 6.39. The summed E-state index contributed by atoms with van der Waals surface area (Å²) in [6.07, 6.45) is 1.29. The third-order valence-corrected chi connectivity index (χ3v) is 8.97. The summed E-state index contributed by atoms with van der Waals surface area (Å²) in [5.74, 6) is 0.535. The average molecular weight is 635 g/mol. The summed E-state index contributed by atoms with van der Waals surface area (Å²) in [6.45, 7) is 2.75. The maximum Gasteiger partial charge on any atom is 0.291 e. The number of imidazole rings is 1. The molecule has 10 nitrogen and oxygen atoms in total. The number of methoxy groups -OCH3 is 1. The van der Waals surface area contributed by atoms with Crippen molar-refractivity contribution in [2.45, 2.75) is 32.0 Å². The molecule has 1 unspecified atom stereocenters. The first-order valence-corrected chi connectivity index (χ1v) is 15.1. The fraction of sp³-hybridized carbons (Fsp3) is 0.312. The van der Waals surface area contributed by atoms with Crippen molar-refractivity contribution < 1.29 is 14.3 Å². The predicted molar refractivity (Wildman–Crippen MR) is 171 cm³/mol. The minimum Gasteiger partial charge on any atom is -0.481 e. The Labute approximate surface area is 265 Å². The molecule has 0 bridgehead atoms. The number of rotatable bonds is 8. The first-order chi connectivity index (χ1) is 21.2. The molecule has 0 saturated carbocycles. The first kappa shape index (κ1) is 30.1. The second-order valence-corrected chi connectivity index (χ2v) is 11.9. The number of carbonyl (C=O) groups excluding carboxylic acids is 2. The van der Waals surface area contributed by atoms with Gasteiger partial charge >= 0.3 is 0 Å². The van der Waals surface area contributed by atoms with E-state index in [1.165, 1.54) is 0 Å². The van der Waals surface area contributed by atoms with Gasteiger partial charge in [0.15, 0.2) is 5.82 Å². The van der Waals surface area contributed by atoms with Crippen molar-refractivity contribution >= 4 is 40.7 Å². The number of hydrogen-bond acceptors (Lipinski definition) is 7. The van der Waals surface area contributed by atoms with E-state index in [1.54, 1.807) is 13.2 Å². The molecule has 1 saturated heterocycles. The standard InChI is InChI=1S/C32H33Cl2N7O3/c1-40-13-12-26-25(17-40)37-30(41(26)2)31(43)38-24-9-5-7-21(29(24)34)20-6-4-8-22(28(20)33)23-11-10-18(32(39-23)44-3)15-35-19-14-27(42)36-16-19/h4-11,19,35H,12-17H2,1-3H3,(H,36,42)(H,38,43). The number of aromatic nitrogens is 3. The number of anilines is 1. The van der Waals surface area contributed by atoms with Crippen molar-refractivity contribution in [3.05, 3.63) is 81.4 Å². The van der Waals surface area contributed by atoms with Crippen LogP contribution in [0.15, 0.2) is 48.5 Å². The number of hydrogen-bond donors (Lipinski definition) is 3. The number of halogens is 2. The topological polar surface area (TPSA) is 113 Å². The average Bonchev–Trinajstić information content (AvgIpc) is 3.59. The van der Waals surface area contributed by atoms with Crippen molar-refractivity contribution in [1.29, 1.82) is 0 Å². The lowest BCUT2D eigenvalue weighted by Gasteiger charge is -2.21. The molecule has 12 heteroatoms. The second kappa shape index (κ2) is 12.6. The van der Waals surface area contributed by atoms with E-state index in [-0.39, 0.29) is 17.9 Å². The van der Waals surface area contributed by atoms with Crippen LogP contribution in [-0.4, -0.2) is 64.5 Å². The zero-order valence-corrected chi connectivity index (χ0v) is 26.2. The smallest absolute Gasteiger partial charge is 0.291 e. The third-order valence-electron chi connectivity index (χ3n) is 8.15. The fourth-order valence-corrected chi connectivity index (χ4v) is 6.35. The number of nitrogens with one attached hydrogen (secondary N) is 3. The summed E-state index contributed by atoms with van der Waals surface area (Å²) in [4.78, 5) is 36.4. The highest BCUT2D eigenvalue weighted by atomic mass is 35.5. The van der Waals surface area contributed by atoms with E-state index in [2.05, 4.69) is 25.8 Å². The molecule has 0 aliphatic carbocycles. The molecule has 4 heterocycles. The molecule has 3 N–H and O–H groups in total. The molecule has 1 fully saturated rings. The largest absolute Gasteiger partial charge is 0.481 e. The maximum absolute atomic E-state index is 13.3. The minimum absolute atomic E-state index is 0.0464. The summed E-state index contributed by atoms with van der Waals surface area (Å²) in [7, 11) is 5.49. The van der Waals surface area contributed by atoms with Gasteiger partial charge in [-0.25, -0.2) is 9.97 Å². The van der Waals surface area contributed by atoms with Crippen LogP contribution >= 0.6 is 23.2 Å². The molecule has 2 aliphatic rings. The van der Waals surface area contributed by atoms with E-state index in [1.807, 2.05) is 61.1 Å². The zero-order chi connectivity index (χ0) is 31.0. The Kier molecular flexibility index (Phi) is 8.59. The van der Waals surface area contributed by atoms with Gasteiger partial charge in [0.1, 0.15) is 0 Å². The van der Waals surface area contributed by atoms with E-state index in [0.717, 1.165) is 29.9 Å². The Morgan fingerprint density at radius 3 is 2.55 bits per heavy atom. The third kappa shape index (κ3) is 5.90. The van der Waals surface area contributed by atoms with E-state index in [9.17, 15) is 9.59 Å². The van der Waals surface area contributed by atoms with Gasteiger partial charge in [-0.3, -0.25) is 9.59 Å². The van der Waals surface area contributed by atoms with E-state index in [4.69, 9.17) is 32.9 Å². The molecule has 44 heavy (non-hydrogen) atoms. The Bertz CT molecular complexity index is 1760. The summed E-state index contributed by atoms with van der Waals surface area (Å²) < 4.78 is 7.47. The number of carbonyl (C=O) groups is 2. The van der Waals surface area contributed by atoms with Gasteiger partial charge in [0.25, 0.3) is 5.91 Å². The fourth-order valence-electron chi connectivity index (χ4n) is 5.75. The molecular formula is C32H33Cl2N7O3. The lowest BCUT2D eigenvalue weighted by atomic mass is 10.00. The van der Waals surface area contributed by atoms with Crippen LogP contribution in [0.4, 0.5) is 5.69 Å². The normalized spacial score (nSPS) is 16.5. The van der Waals surface area contributed by atoms with Gasteiger partial charge in [-0.05, 0) is 19.2 Å². The number of likely N-dealkylation sites (N-methyl/N-ethyl adjacent to an activating group) is 1. The van der Waals surface area contributed by atoms with Gasteiger partial charge in [-0.2, -0.15) is 0 Å². The summed E-state index contributed by atoms with van der Waals surface area (Å²) in [5.41, 5.74) is 6.05. The molecule has 228 valence electrons. The number of amides is 2. The molecule has 2 aromatic carbocycles. The Balaban J connectivity index is 1.25. The Morgan fingerprint density at radius 2 is 1.80 bits per heavy atom. The number of benzene rings is 2. The second-order valence-electron chi connectivity index (χ2n) is 11.1. The van der Waals surface area contributed by atoms with Crippen molar-refractivity contribution in [2.75, 3.05) is 32.6 Å². The summed E-state index contributed by atoms with van der Waals surface area (Å²) in [6, 6.07) is 15.0. The van der Waals surface area contributed by atoms with Crippen LogP contribution in [0.1, 0.15) is 34.0 Å². The van der Waals surface area contributed by atoms with Gasteiger partial charge in [0.05, 0.1) is 34.2 Å². The minimum atomic E-state index is -0.329. The Hall–Kier alpha value is -3.96. The number of fused-ring (bicyclic) bond motifs is 1. The quantitative estimate of drug-likeness (QED) is 0.258. The van der Waals surface area contributed by atoms with Crippen molar-refractivity contribution in [2.24, 2.45) is 7.05 Å². The van der Waals surface area contributed by atoms with Crippen molar-refractivity contribution in [3.63, 3.8) is 0 Å². The predicted octanol–water partition coefficient (Wildman–Crippen LogP) is 4.68. The van der Waals surface area contributed by atoms with Crippen molar-refractivity contribution in [3.8, 4) is 28.3 Å². The van der Waals surface area contributed by atoms with Crippen LogP contribution in [0.25, 0.3) is 22.4 Å². The van der Waals surface area contributed by atoms with Crippen LogP contribution < -0.4 is 20.7 Å². The number of nitrogens with zero attached hydrogens (tertiary/aromatic N) is 4. The molecule has 0 radical (unpaired) electrons. The zero-order valence-electron chi connectivity index (χ0n) is 24.7. The van der Waals surface area contributed by atoms with Crippen LogP contribution in [0.2, 0.25) is 10.0 Å². The molecule has 1 atom stereocenters. The van der Waals surface area contributed by atoms with Crippen molar-refractivity contribution in [1.82, 2.24) is 30.1 Å². The highest BCUT2D eigenvalue weighted by Gasteiger charge is 2.25. The molecule has 4 aromatic rings. The van der Waals surface area contributed by atoms with E-state index < -0.39 is 0 Å². The monoisotopic (exact) mass is 633 g/mol. The van der Waals surface area contributed by atoms with Crippen LogP contribution in [0, 0.1) is 0 Å². The van der Waals surface area contributed by atoms with Gasteiger partial charge in [-0.1, -0.05) is 59.6 Å². The lowest BCUT2D eigenvalue weighted by Crippen LogP contribution is -2.30. The molecular weight excluding hydrogens is 601 g/mol. The van der Waals surface area contributed by atoms with E-state index >= 15 is 0 Å². The first-order valence-electron chi connectivity index (χ1n) is 14.4. The van der Waals surface area contributed by atoms with Crippen LogP contribution in [-0.2, 0) is 31.4 Å². The molecule has 2 amide bonds. The van der Waals surface area contributed by atoms with Gasteiger partial charge < -0.3 is 30.2 Å². The van der Waals surface area contributed by atoms with E-state index in [0.29, 0.717) is 75.9 Å². The molecule has 2 aliphatic heterocycles. The molecule has 6 rings (SSSR count). The summed E-state index contributed by atoms with van der Waals surface area (Å²) in [5, 5.41) is 9.99. The Morgan fingerprint density at radius 1 is 1.05 bits per heavy atom. The summed E-state index contributed by atoms with van der Waals surface area (Å²) >= 11 is 13.9. The SMILES string of the molecule is COc1nc(-c2cccc(-c3cccc(NC(=O)c4nc5c(n4C)CCN(C)C5)c3Cl)c2Cl)ccc1CNC1CNC(=O)C1. The number of ether oxygens (including phenoxy) is 1. The van der Waals surface area contributed by atoms with Gasteiger partial charge in [0, 0.05) is 80.1 Å². The van der Waals surface area contributed by atoms with Crippen LogP contribution in [0.5, 0.6) is 5.88 Å². The highest BCUT2D eigenvalue weighted by Crippen LogP contribution is 2.41. The van der Waals surface area contributed by atoms with Crippen LogP contribution in [0.3, 0.4) is 0 Å². The van der Waals surface area contributed by atoms with Gasteiger partial charge in [0.2, 0.25) is 11.8 Å².